The lowest BCUT2D eigenvalue weighted by atomic mass is 9.98. The van der Waals surface area contributed by atoms with Crippen LogP contribution >= 0.6 is 0 Å². The molecule has 0 bridgehead atoms. The minimum Gasteiger partial charge on any atom is -0.457 e. The summed E-state index contributed by atoms with van der Waals surface area (Å²) in [5.74, 6) is -0.370. The molecule has 11 unspecified atom stereocenters. The number of unbranched alkanes of at least 4 members (excludes halogenated alkanes) is 34. The van der Waals surface area contributed by atoms with E-state index in [0.717, 1.165) is 44.9 Å². The number of hydrogen-bond acceptors (Lipinski definition) is 14. The number of carbonyl (C=O) groups excluding carboxylic acids is 1. The lowest BCUT2D eigenvalue weighted by Gasteiger charge is -2.42. The normalized spacial score (nSPS) is 24.5. The molecule has 2 aliphatic heterocycles. The van der Waals surface area contributed by atoms with E-state index < -0.39 is 80.7 Å². The summed E-state index contributed by atoms with van der Waals surface area (Å²) in [6, 6.07) is 0. The first-order chi connectivity index (χ1) is 37.1. The Morgan fingerprint density at radius 3 is 1.26 bits per heavy atom. The van der Waals surface area contributed by atoms with Crippen LogP contribution in [0.1, 0.15) is 264 Å². The molecule has 76 heavy (non-hydrogen) atoms. The van der Waals surface area contributed by atoms with Gasteiger partial charge in [0.1, 0.15) is 54.9 Å². The molecule has 2 aliphatic rings. The fraction of sp³-hybridized carbons (Fsp3) is 0.919. The van der Waals surface area contributed by atoms with Crippen molar-refractivity contribution in [1.29, 1.82) is 0 Å². The van der Waals surface area contributed by atoms with Gasteiger partial charge in [-0.25, -0.2) is 0 Å². The lowest BCUT2D eigenvalue weighted by Crippen LogP contribution is -2.61. The standard InChI is InChI=1S/C62H116O14/c1-3-5-7-9-11-13-15-17-19-21-23-24-25-26-27-28-30-32-34-36-38-40-42-44-46-71-48-51(74-54(64)45-43-41-39-37-35-33-31-29-22-20-18-16-14-12-10-8-6-4-2)49-72-61-60(70)58(68)56(66)53(76-61)50-73-62-59(69)57(67)55(65)52(47-63)75-62/h15,17,21,23,51-53,55-63,65-70H,3-14,16,18-20,22,24-50H2,1-2H3/b17-15-,23-21-. The van der Waals surface area contributed by atoms with Gasteiger partial charge in [-0.05, 0) is 44.9 Å². The average molecular weight is 1090 g/mol. The fourth-order valence-electron chi connectivity index (χ4n) is 10.1. The van der Waals surface area contributed by atoms with Crippen molar-refractivity contribution in [3.63, 3.8) is 0 Å². The highest BCUT2D eigenvalue weighted by Gasteiger charge is 2.47. The largest absolute Gasteiger partial charge is 0.457 e. The Hall–Kier alpha value is -1.53. The molecule has 0 radical (unpaired) electrons. The summed E-state index contributed by atoms with van der Waals surface area (Å²) in [6.07, 6.45) is 41.0. The van der Waals surface area contributed by atoms with Crippen LogP contribution in [0.15, 0.2) is 24.3 Å². The van der Waals surface area contributed by atoms with E-state index in [1.165, 1.54) is 193 Å². The number of allylic oxidation sites excluding steroid dienone is 4. The molecule has 11 atom stereocenters. The monoisotopic (exact) mass is 1080 g/mol. The third-order valence-electron chi connectivity index (χ3n) is 15.2. The summed E-state index contributed by atoms with van der Waals surface area (Å²) in [5.41, 5.74) is 0. The summed E-state index contributed by atoms with van der Waals surface area (Å²) in [4.78, 5) is 13.1. The highest BCUT2D eigenvalue weighted by molar-refractivity contribution is 5.69. The van der Waals surface area contributed by atoms with Crippen LogP contribution in [0.3, 0.4) is 0 Å². The predicted molar refractivity (Wildman–Crippen MR) is 303 cm³/mol. The van der Waals surface area contributed by atoms with Gasteiger partial charge in [0, 0.05) is 13.0 Å². The van der Waals surface area contributed by atoms with E-state index in [4.69, 9.17) is 28.4 Å². The summed E-state index contributed by atoms with van der Waals surface area (Å²) in [6.45, 7) is 3.74. The minimum absolute atomic E-state index is 0.0656. The Morgan fingerprint density at radius 1 is 0.434 bits per heavy atom. The van der Waals surface area contributed by atoms with E-state index in [0.29, 0.717) is 13.0 Å². The Labute approximate surface area is 462 Å². The number of hydrogen-bond donors (Lipinski definition) is 7. The van der Waals surface area contributed by atoms with Gasteiger partial charge in [0.05, 0.1) is 26.4 Å². The smallest absolute Gasteiger partial charge is 0.306 e. The highest BCUT2D eigenvalue weighted by Crippen LogP contribution is 2.27. The number of carbonyl (C=O) groups is 1. The molecular weight excluding hydrogens is 969 g/mol. The van der Waals surface area contributed by atoms with Gasteiger partial charge in [0.15, 0.2) is 12.6 Å². The van der Waals surface area contributed by atoms with Crippen molar-refractivity contribution in [2.45, 2.75) is 332 Å². The van der Waals surface area contributed by atoms with Gasteiger partial charge in [0.25, 0.3) is 0 Å². The van der Waals surface area contributed by atoms with Crippen LogP contribution in [0.4, 0.5) is 0 Å². The van der Waals surface area contributed by atoms with Gasteiger partial charge in [-0.3, -0.25) is 4.79 Å². The maximum Gasteiger partial charge on any atom is 0.306 e. The Morgan fingerprint density at radius 2 is 0.816 bits per heavy atom. The molecular formula is C62H116O14. The van der Waals surface area contributed by atoms with Crippen LogP contribution in [0, 0.1) is 0 Å². The molecule has 0 aromatic rings. The van der Waals surface area contributed by atoms with E-state index in [9.17, 15) is 40.5 Å². The lowest BCUT2D eigenvalue weighted by molar-refractivity contribution is -0.332. The third-order valence-corrected chi connectivity index (χ3v) is 15.2. The molecule has 0 saturated carbocycles. The van der Waals surface area contributed by atoms with Crippen molar-refractivity contribution in [3.8, 4) is 0 Å². The van der Waals surface area contributed by atoms with Crippen molar-refractivity contribution >= 4 is 5.97 Å². The number of aliphatic hydroxyl groups excluding tert-OH is 7. The van der Waals surface area contributed by atoms with Gasteiger partial charge in [-0.1, -0.05) is 237 Å². The Balaban J connectivity index is 1.67. The molecule has 0 amide bonds. The Bertz CT molecular complexity index is 1350. The second-order valence-electron chi connectivity index (χ2n) is 22.2. The van der Waals surface area contributed by atoms with E-state index in [1.54, 1.807) is 0 Å². The maximum atomic E-state index is 13.1. The molecule has 2 rings (SSSR count). The molecule has 14 heteroatoms. The zero-order valence-electron chi connectivity index (χ0n) is 48.3. The quantitative estimate of drug-likeness (QED) is 0.0172. The molecule has 0 aromatic heterocycles. The van der Waals surface area contributed by atoms with Crippen LogP contribution in [-0.4, -0.2) is 142 Å². The zero-order chi connectivity index (χ0) is 55.1. The first kappa shape index (κ1) is 70.6. The van der Waals surface area contributed by atoms with Gasteiger partial charge in [-0.15, -0.1) is 0 Å². The van der Waals surface area contributed by atoms with Crippen molar-refractivity contribution in [1.82, 2.24) is 0 Å². The molecule has 14 nitrogen and oxygen atoms in total. The van der Waals surface area contributed by atoms with Crippen LogP contribution in [0.25, 0.3) is 0 Å². The first-order valence-corrected chi connectivity index (χ1v) is 31.4. The fourth-order valence-corrected chi connectivity index (χ4v) is 10.1. The summed E-state index contributed by atoms with van der Waals surface area (Å²) in [7, 11) is 0. The van der Waals surface area contributed by atoms with E-state index in [-0.39, 0.29) is 25.6 Å². The van der Waals surface area contributed by atoms with E-state index >= 15 is 0 Å². The van der Waals surface area contributed by atoms with Gasteiger partial charge >= 0.3 is 5.97 Å². The zero-order valence-corrected chi connectivity index (χ0v) is 48.3. The number of ether oxygens (including phenoxy) is 6. The maximum absolute atomic E-state index is 13.1. The summed E-state index contributed by atoms with van der Waals surface area (Å²) >= 11 is 0. The number of rotatable bonds is 52. The average Bonchev–Trinajstić information content (AvgIpc) is 3.42. The molecule has 2 heterocycles. The molecule has 0 spiro atoms. The van der Waals surface area contributed by atoms with Gasteiger partial charge < -0.3 is 64.2 Å². The van der Waals surface area contributed by atoms with Crippen LogP contribution in [0.5, 0.6) is 0 Å². The summed E-state index contributed by atoms with van der Waals surface area (Å²) < 4.78 is 34.5. The van der Waals surface area contributed by atoms with Gasteiger partial charge in [0.2, 0.25) is 0 Å². The SMILES string of the molecule is CCCCCCC/C=C\C/C=C\CCCCCCCCCCCCCCOCC(COC1OC(COC2OC(CO)C(O)C(O)C2O)C(O)C(O)C1O)OC(=O)CCCCCCCCCCCCCCCCCCCC. The topological polar surface area (TPSA) is 214 Å². The van der Waals surface area contributed by atoms with Crippen LogP contribution in [-0.2, 0) is 33.2 Å². The molecule has 7 N–H and O–H groups in total. The first-order valence-electron chi connectivity index (χ1n) is 31.4. The van der Waals surface area contributed by atoms with Crippen molar-refractivity contribution in [3.05, 3.63) is 24.3 Å². The minimum atomic E-state index is -1.70. The highest BCUT2D eigenvalue weighted by atomic mass is 16.7. The second-order valence-corrected chi connectivity index (χ2v) is 22.2. The van der Waals surface area contributed by atoms with E-state index in [2.05, 4.69) is 38.2 Å². The molecule has 0 aliphatic carbocycles. The predicted octanol–water partition coefficient (Wildman–Crippen LogP) is 11.9. The Kier molecular flexibility index (Phi) is 45.8. The molecule has 2 fully saturated rings. The van der Waals surface area contributed by atoms with Crippen LogP contribution < -0.4 is 0 Å². The van der Waals surface area contributed by atoms with Crippen molar-refractivity contribution < 1.29 is 69.0 Å². The van der Waals surface area contributed by atoms with E-state index in [1.807, 2.05) is 0 Å². The summed E-state index contributed by atoms with van der Waals surface area (Å²) in [5, 5.41) is 72.4. The molecule has 0 aromatic carbocycles. The van der Waals surface area contributed by atoms with Crippen molar-refractivity contribution in [2.75, 3.05) is 33.0 Å². The number of aliphatic hydroxyl groups is 7. The van der Waals surface area contributed by atoms with Gasteiger partial charge in [-0.2, -0.15) is 0 Å². The van der Waals surface area contributed by atoms with Crippen molar-refractivity contribution in [2.24, 2.45) is 0 Å². The van der Waals surface area contributed by atoms with Crippen LogP contribution in [0.2, 0.25) is 0 Å². The number of esters is 1. The molecule has 448 valence electrons. The molecule has 2 saturated heterocycles. The third kappa shape index (κ3) is 35.3. The second kappa shape index (κ2) is 49.3.